The maximum absolute atomic E-state index is 14.3. The van der Waals surface area contributed by atoms with Crippen molar-refractivity contribution in [2.45, 2.75) is 46.4 Å². The highest BCUT2D eigenvalue weighted by Crippen LogP contribution is 2.36. The molecular weight excluding hydrogens is 648 g/mol. The summed E-state index contributed by atoms with van der Waals surface area (Å²) in [5, 5.41) is 2.74. The first kappa shape index (κ1) is 33.1. The molecule has 0 saturated heterocycles. The minimum Gasteiger partial charge on any atom is -0.493 e. The summed E-state index contributed by atoms with van der Waals surface area (Å²) in [6.45, 7) is 7.84. The van der Waals surface area contributed by atoms with E-state index in [4.69, 9.17) is 35.5 Å². The van der Waals surface area contributed by atoms with Gasteiger partial charge in [-0.05, 0) is 86.0 Å². The molecule has 6 rings (SSSR count). The molecule has 8 nitrogen and oxygen atoms in total. The number of benzene rings is 4. The molecular formula is C38H35ClN2O6S. The number of fused-ring (bicyclic) bond motifs is 2. The largest absolute Gasteiger partial charge is 0.493 e. The minimum absolute atomic E-state index is 0.0768. The molecule has 5 aromatic rings. The SMILES string of the molecule is CCOC(=O)C1=C(C)N=c2s/c(=C/c3cc(Cl)ccc3OCc3cccc4ccccc34)c(=O)n2[C@@H]1c1ccc(OC(C)C)c(OC)c1. The van der Waals surface area contributed by atoms with Crippen LogP contribution in [0, 0.1) is 0 Å². The number of nitrogens with zero attached hydrogens (tertiary/aromatic N) is 2. The van der Waals surface area contributed by atoms with Gasteiger partial charge in [0.1, 0.15) is 12.4 Å². The van der Waals surface area contributed by atoms with Gasteiger partial charge in [-0.25, -0.2) is 9.79 Å². The van der Waals surface area contributed by atoms with Gasteiger partial charge in [-0.15, -0.1) is 0 Å². The molecule has 0 N–H and O–H groups in total. The Hall–Kier alpha value is -4.86. The second kappa shape index (κ2) is 14.1. The third-order valence-corrected chi connectivity index (χ3v) is 9.12. The lowest BCUT2D eigenvalue weighted by Gasteiger charge is -2.25. The van der Waals surface area contributed by atoms with Gasteiger partial charge in [0.15, 0.2) is 16.3 Å². The van der Waals surface area contributed by atoms with Gasteiger partial charge in [0.2, 0.25) is 0 Å². The van der Waals surface area contributed by atoms with Crippen molar-refractivity contribution in [3.8, 4) is 17.2 Å². The number of thiazole rings is 1. The molecule has 1 atom stereocenters. The number of rotatable bonds is 10. The second-order valence-corrected chi connectivity index (χ2v) is 12.9. The fourth-order valence-electron chi connectivity index (χ4n) is 5.79. The molecule has 0 unspecified atom stereocenters. The van der Waals surface area contributed by atoms with Crippen LogP contribution >= 0.6 is 22.9 Å². The van der Waals surface area contributed by atoms with Gasteiger partial charge in [-0.3, -0.25) is 9.36 Å². The molecule has 1 aliphatic heterocycles. The van der Waals surface area contributed by atoms with Crippen LogP contribution < -0.4 is 29.1 Å². The normalized spacial score (nSPS) is 14.6. The van der Waals surface area contributed by atoms with Gasteiger partial charge < -0.3 is 18.9 Å². The van der Waals surface area contributed by atoms with Crippen molar-refractivity contribution in [1.82, 2.24) is 4.57 Å². The Morgan fingerprint density at radius 1 is 1.02 bits per heavy atom. The van der Waals surface area contributed by atoms with Crippen molar-refractivity contribution in [3.63, 3.8) is 0 Å². The smallest absolute Gasteiger partial charge is 0.338 e. The maximum atomic E-state index is 14.3. The minimum atomic E-state index is -0.814. The number of hydrogen-bond donors (Lipinski definition) is 0. The van der Waals surface area contributed by atoms with E-state index in [2.05, 4.69) is 18.2 Å². The van der Waals surface area contributed by atoms with Crippen LogP contribution in [0.1, 0.15) is 50.4 Å². The molecule has 246 valence electrons. The quantitative estimate of drug-likeness (QED) is 0.148. The summed E-state index contributed by atoms with van der Waals surface area (Å²) in [7, 11) is 1.55. The van der Waals surface area contributed by atoms with E-state index in [0.29, 0.717) is 55.0 Å². The summed E-state index contributed by atoms with van der Waals surface area (Å²) in [5.41, 5.74) is 2.75. The average Bonchev–Trinajstić information content (AvgIpc) is 3.37. The van der Waals surface area contributed by atoms with Crippen LogP contribution in [0.3, 0.4) is 0 Å². The number of allylic oxidation sites excluding steroid dienone is 1. The van der Waals surface area contributed by atoms with Crippen molar-refractivity contribution < 1.29 is 23.7 Å². The average molecular weight is 683 g/mol. The summed E-state index contributed by atoms with van der Waals surface area (Å²) in [5.74, 6) is 1.06. The van der Waals surface area contributed by atoms with Crippen LogP contribution in [0.4, 0.5) is 0 Å². The molecule has 0 amide bonds. The monoisotopic (exact) mass is 682 g/mol. The van der Waals surface area contributed by atoms with Gasteiger partial charge in [0.25, 0.3) is 5.56 Å². The first-order valence-corrected chi connectivity index (χ1v) is 16.8. The molecule has 10 heteroatoms. The Morgan fingerprint density at radius 2 is 1.79 bits per heavy atom. The summed E-state index contributed by atoms with van der Waals surface area (Å²) in [4.78, 5) is 32.8. The van der Waals surface area contributed by atoms with E-state index in [1.165, 1.54) is 15.9 Å². The lowest BCUT2D eigenvalue weighted by molar-refractivity contribution is -0.139. The van der Waals surface area contributed by atoms with Gasteiger partial charge in [-0.1, -0.05) is 71.5 Å². The lowest BCUT2D eigenvalue weighted by Crippen LogP contribution is -2.40. The number of esters is 1. The van der Waals surface area contributed by atoms with Crippen LogP contribution in [0.5, 0.6) is 17.2 Å². The van der Waals surface area contributed by atoms with Crippen molar-refractivity contribution in [1.29, 1.82) is 0 Å². The molecule has 1 aliphatic rings. The predicted octanol–water partition coefficient (Wildman–Crippen LogP) is 6.98. The summed E-state index contributed by atoms with van der Waals surface area (Å²) < 4.78 is 25.3. The van der Waals surface area contributed by atoms with Crippen LogP contribution in [-0.2, 0) is 16.1 Å². The fourth-order valence-corrected chi connectivity index (χ4v) is 7.01. The topological polar surface area (TPSA) is 88.4 Å². The van der Waals surface area contributed by atoms with E-state index in [1.54, 1.807) is 57.4 Å². The van der Waals surface area contributed by atoms with Crippen molar-refractivity contribution >= 4 is 45.8 Å². The molecule has 0 fully saturated rings. The number of carbonyl (C=O) groups excluding carboxylic acids is 1. The molecule has 0 bridgehead atoms. The van der Waals surface area contributed by atoms with Crippen LogP contribution in [-0.4, -0.2) is 30.4 Å². The van der Waals surface area contributed by atoms with E-state index in [-0.39, 0.29) is 23.8 Å². The molecule has 4 aromatic carbocycles. The third kappa shape index (κ3) is 6.61. The predicted molar refractivity (Wildman–Crippen MR) is 189 cm³/mol. The van der Waals surface area contributed by atoms with E-state index in [1.807, 2.05) is 44.2 Å². The zero-order valence-corrected chi connectivity index (χ0v) is 28.9. The number of aromatic nitrogens is 1. The van der Waals surface area contributed by atoms with Crippen LogP contribution in [0.25, 0.3) is 16.8 Å². The molecule has 0 saturated carbocycles. The van der Waals surface area contributed by atoms with Gasteiger partial charge in [0.05, 0.1) is 41.7 Å². The second-order valence-electron chi connectivity index (χ2n) is 11.5. The fraction of sp³-hybridized carbons (Fsp3) is 0.237. The Balaban J connectivity index is 1.45. The van der Waals surface area contributed by atoms with Crippen molar-refractivity contribution in [2.24, 2.45) is 4.99 Å². The highest BCUT2D eigenvalue weighted by Gasteiger charge is 2.34. The number of ether oxygens (including phenoxy) is 4. The Bertz CT molecular complexity index is 2230. The molecule has 48 heavy (non-hydrogen) atoms. The first-order valence-electron chi connectivity index (χ1n) is 15.6. The van der Waals surface area contributed by atoms with Gasteiger partial charge in [-0.2, -0.15) is 0 Å². The molecule has 0 spiro atoms. The van der Waals surface area contributed by atoms with Crippen molar-refractivity contribution in [3.05, 3.63) is 132 Å². The maximum Gasteiger partial charge on any atom is 0.338 e. The number of carbonyl (C=O) groups is 1. The number of halogens is 1. The van der Waals surface area contributed by atoms with E-state index < -0.39 is 12.0 Å². The van der Waals surface area contributed by atoms with Gasteiger partial charge in [0, 0.05) is 10.6 Å². The Kier molecular flexibility index (Phi) is 9.71. The standard InChI is InChI=1S/C38H35ClN2O6S/c1-6-45-37(43)34-23(4)40-38-41(35(34)25-14-16-31(47-22(2)3)32(19-25)44-5)36(42)33(48-38)20-27-18-28(39)15-17-30(27)46-21-26-12-9-11-24-10-7-8-13-29(24)26/h7-20,22,35H,6,21H2,1-5H3/b33-20+/t35-/m1/s1. The third-order valence-electron chi connectivity index (χ3n) is 7.90. The summed E-state index contributed by atoms with van der Waals surface area (Å²) in [6, 6.07) is 24.2. The number of hydrogen-bond acceptors (Lipinski definition) is 8. The Morgan fingerprint density at radius 3 is 2.56 bits per heavy atom. The summed E-state index contributed by atoms with van der Waals surface area (Å²) >= 11 is 7.67. The number of methoxy groups -OCH3 is 1. The van der Waals surface area contributed by atoms with Gasteiger partial charge >= 0.3 is 5.97 Å². The first-order chi connectivity index (χ1) is 23.2. The molecule has 0 aliphatic carbocycles. The highest BCUT2D eigenvalue weighted by atomic mass is 35.5. The zero-order valence-electron chi connectivity index (χ0n) is 27.3. The van der Waals surface area contributed by atoms with Crippen LogP contribution in [0.15, 0.2) is 99.9 Å². The lowest BCUT2D eigenvalue weighted by atomic mass is 9.95. The highest BCUT2D eigenvalue weighted by molar-refractivity contribution is 7.07. The van der Waals surface area contributed by atoms with Crippen LogP contribution in [0.2, 0.25) is 5.02 Å². The molecule has 2 heterocycles. The van der Waals surface area contributed by atoms with E-state index in [0.717, 1.165) is 16.3 Å². The van der Waals surface area contributed by atoms with Crippen molar-refractivity contribution in [2.75, 3.05) is 13.7 Å². The molecule has 1 aromatic heterocycles. The molecule has 0 radical (unpaired) electrons. The van der Waals surface area contributed by atoms with E-state index in [9.17, 15) is 9.59 Å². The Labute approximate surface area is 287 Å². The summed E-state index contributed by atoms with van der Waals surface area (Å²) in [6.07, 6.45) is 1.68. The zero-order chi connectivity index (χ0) is 33.9. The van der Waals surface area contributed by atoms with E-state index >= 15 is 0 Å².